The van der Waals surface area contributed by atoms with E-state index in [1.54, 1.807) is 0 Å². The van der Waals surface area contributed by atoms with E-state index in [1.807, 2.05) is 42.5 Å². The number of aromatic amines is 1. The summed E-state index contributed by atoms with van der Waals surface area (Å²) < 4.78 is 0. The highest BCUT2D eigenvalue weighted by atomic mass is 16.2. The Morgan fingerprint density at radius 1 is 1.17 bits per heavy atom. The summed E-state index contributed by atoms with van der Waals surface area (Å²) in [6, 6.07) is 17.9. The molecule has 2 aromatic carbocycles. The fraction of sp³-hybridized carbons (Fsp3) is 0.167. The Balaban J connectivity index is 1.37. The zero-order valence-electron chi connectivity index (χ0n) is 12.4. The molecule has 2 N–H and O–H groups in total. The lowest BCUT2D eigenvalue weighted by Gasteiger charge is -1.99. The molecular weight excluding hydrogens is 288 g/mol. The largest absolute Gasteiger partial charge is 0.337 e. The van der Waals surface area contributed by atoms with Crippen molar-refractivity contribution in [2.24, 2.45) is 11.0 Å². The van der Waals surface area contributed by atoms with Crippen molar-refractivity contribution in [3.05, 3.63) is 66.0 Å². The summed E-state index contributed by atoms with van der Waals surface area (Å²) in [6.07, 6.45) is 2.42. The fourth-order valence-electron chi connectivity index (χ4n) is 2.83. The Bertz CT molecular complexity index is 836. The van der Waals surface area contributed by atoms with E-state index < -0.39 is 0 Å². The van der Waals surface area contributed by atoms with E-state index in [-0.39, 0.29) is 11.8 Å². The van der Waals surface area contributed by atoms with Crippen LogP contribution in [-0.4, -0.2) is 22.1 Å². The minimum atomic E-state index is -0.0359. The number of rotatable bonds is 4. The molecule has 23 heavy (non-hydrogen) atoms. The first-order chi connectivity index (χ1) is 11.3. The maximum absolute atomic E-state index is 12.1. The van der Waals surface area contributed by atoms with Crippen LogP contribution in [0.4, 0.5) is 0 Å². The second-order valence-corrected chi connectivity index (χ2v) is 5.73. The summed E-state index contributed by atoms with van der Waals surface area (Å²) in [4.78, 5) is 19.6. The number of carbonyl (C=O) groups is 1. The maximum Gasteiger partial charge on any atom is 0.243 e. The number of aromatic nitrogens is 2. The highest BCUT2D eigenvalue weighted by Crippen LogP contribution is 2.47. The molecule has 1 aliphatic rings. The van der Waals surface area contributed by atoms with E-state index in [9.17, 15) is 4.79 Å². The molecule has 0 bridgehead atoms. The van der Waals surface area contributed by atoms with Crippen LogP contribution in [-0.2, 0) is 4.79 Å². The molecule has 1 saturated carbocycles. The van der Waals surface area contributed by atoms with Crippen molar-refractivity contribution in [3.63, 3.8) is 0 Å². The number of hydrogen-bond donors (Lipinski definition) is 2. The van der Waals surface area contributed by atoms with Gasteiger partial charge < -0.3 is 4.98 Å². The third-order valence-corrected chi connectivity index (χ3v) is 4.12. The van der Waals surface area contributed by atoms with E-state index in [4.69, 9.17) is 0 Å². The third-order valence-electron chi connectivity index (χ3n) is 4.12. The molecule has 3 aromatic rings. The van der Waals surface area contributed by atoms with Gasteiger partial charge in [0.1, 0.15) is 0 Å². The molecule has 0 saturated heterocycles. The Morgan fingerprint density at radius 3 is 2.78 bits per heavy atom. The van der Waals surface area contributed by atoms with Crippen molar-refractivity contribution in [2.75, 3.05) is 0 Å². The molecule has 0 aliphatic heterocycles. The summed E-state index contributed by atoms with van der Waals surface area (Å²) in [5.74, 6) is 0.927. The van der Waals surface area contributed by atoms with Crippen LogP contribution >= 0.6 is 0 Å². The second-order valence-electron chi connectivity index (χ2n) is 5.73. The number of imidazole rings is 1. The van der Waals surface area contributed by atoms with E-state index in [0.29, 0.717) is 11.7 Å². The predicted molar refractivity (Wildman–Crippen MR) is 89.1 cm³/mol. The van der Waals surface area contributed by atoms with Gasteiger partial charge in [-0.3, -0.25) is 4.79 Å². The van der Waals surface area contributed by atoms with Crippen molar-refractivity contribution < 1.29 is 4.79 Å². The van der Waals surface area contributed by atoms with E-state index in [2.05, 4.69) is 32.6 Å². The molecule has 4 rings (SSSR count). The van der Waals surface area contributed by atoms with Crippen molar-refractivity contribution in [2.45, 2.75) is 12.3 Å². The predicted octanol–water partition coefficient (Wildman–Crippen LogP) is 2.82. The zero-order valence-corrected chi connectivity index (χ0v) is 12.4. The first-order valence-electron chi connectivity index (χ1n) is 7.64. The molecule has 5 nitrogen and oxygen atoms in total. The van der Waals surface area contributed by atoms with Crippen LogP contribution in [0.3, 0.4) is 0 Å². The number of para-hydroxylation sites is 2. The minimum Gasteiger partial charge on any atom is -0.337 e. The number of hydrazone groups is 1. The quantitative estimate of drug-likeness (QED) is 0.575. The topological polar surface area (TPSA) is 70.1 Å². The average Bonchev–Trinajstić information content (AvgIpc) is 3.28. The molecule has 1 aliphatic carbocycles. The lowest BCUT2D eigenvalue weighted by Crippen LogP contribution is -2.20. The van der Waals surface area contributed by atoms with Gasteiger partial charge in [-0.1, -0.05) is 42.5 Å². The Morgan fingerprint density at radius 2 is 1.96 bits per heavy atom. The number of H-pyrrole nitrogens is 1. The number of fused-ring (bicyclic) bond motifs is 1. The maximum atomic E-state index is 12.1. The summed E-state index contributed by atoms with van der Waals surface area (Å²) in [7, 11) is 0. The molecule has 2 atom stereocenters. The van der Waals surface area contributed by atoms with Gasteiger partial charge in [-0.2, -0.15) is 5.10 Å². The lowest BCUT2D eigenvalue weighted by molar-refractivity contribution is -0.122. The van der Waals surface area contributed by atoms with Gasteiger partial charge in [-0.05, 0) is 30.0 Å². The summed E-state index contributed by atoms with van der Waals surface area (Å²) in [5.41, 5.74) is 5.66. The van der Waals surface area contributed by atoms with Gasteiger partial charge >= 0.3 is 0 Å². The van der Waals surface area contributed by atoms with Crippen LogP contribution in [0.5, 0.6) is 0 Å². The smallest absolute Gasteiger partial charge is 0.243 e. The van der Waals surface area contributed by atoms with Gasteiger partial charge in [-0.25, -0.2) is 10.4 Å². The van der Waals surface area contributed by atoms with Gasteiger partial charge in [0.2, 0.25) is 5.91 Å². The second kappa shape index (κ2) is 5.68. The number of hydrogen-bond acceptors (Lipinski definition) is 3. The number of nitrogens with one attached hydrogen (secondary N) is 2. The summed E-state index contributed by atoms with van der Waals surface area (Å²) in [6.45, 7) is 0. The van der Waals surface area contributed by atoms with Crippen LogP contribution in [0, 0.1) is 5.92 Å². The SMILES string of the molecule is O=C(NN=Cc1nc2ccccc2[nH]1)C1CC1c1ccccc1. The van der Waals surface area contributed by atoms with Crippen LogP contribution in [0.1, 0.15) is 23.7 Å². The van der Waals surface area contributed by atoms with Crippen LogP contribution < -0.4 is 5.43 Å². The van der Waals surface area contributed by atoms with Crippen LogP contribution in [0.2, 0.25) is 0 Å². The van der Waals surface area contributed by atoms with Crippen LogP contribution in [0.15, 0.2) is 59.7 Å². The average molecular weight is 304 g/mol. The molecule has 1 fully saturated rings. The third kappa shape index (κ3) is 2.85. The standard InChI is InChI=1S/C18H16N4O/c23-18(14-10-13(14)12-6-2-1-3-7-12)22-19-11-17-20-15-8-4-5-9-16(15)21-17/h1-9,11,13-14H,10H2,(H,20,21)(H,22,23). The van der Waals surface area contributed by atoms with Gasteiger partial charge in [-0.15, -0.1) is 0 Å². The molecule has 114 valence electrons. The van der Waals surface area contributed by atoms with Crippen molar-refractivity contribution in [1.29, 1.82) is 0 Å². The van der Waals surface area contributed by atoms with E-state index >= 15 is 0 Å². The van der Waals surface area contributed by atoms with Gasteiger partial charge in [0.25, 0.3) is 0 Å². The monoisotopic (exact) mass is 304 g/mol. The first kappa shape index (κ1) is 13.7. The van der Waals surface area contributed by atoms with Crippen molar-refractivity contribution in [3.8, 4) is 0 Å². The Labute approximate surface area is 133 Å². The van der Waals surface area contributed by atoms with Gasteiger partial charge in [0.05, 0.1) is 17.2 Å². The lowest BCUT2D eigenvalue weighted by atomic mass is 10.1. The van der Waals surface area contributed by atoms with Gasteiger partial charge in [0, 0.05) is 5.92 Å². The summed E-state index contributed by atoms with van der Waals surface area (Å²) in [5, 5.41) is 4.01. The highest BCUT2D eigenvalue weighted by Gasteiger charge is 2.43. The highest BCUT2D eigenvalue weighted by molar-refractivity contribution is 5.86. The number of amides is 1. The van der Waals surface area contributed by atoms with Crippen molar-refractivity contribution >= 4 is 23.2 Å². The molecule has 1 heterocycles. The normalized spacial score (nSPS) is 20.0. The molecule has 5 heteroatoms. The molecular formula is C18H16N4O. The Kier molecular flexibility index (Phi) is 3.38. The molecule has 0 radical (unpaired) electrons. The first-order valence-corrected chi connectivity index (χ1v) is 7.64. The molecule has 1 aromatic heterocycles. The van der Waals surface area contributed by atoms with Gasteiger partial charge in [0.15, 0.2) is 5.82 Å². The van der Waals surface area contributed by atoms with E-state index in [1.165, 1.54) is 11.8 Å². The molecule has 2 unspecified atom stereocenters. The Hall–Kier alpha value is -2.95. The zero-order chi connectivity index (χ0) is 15.6. The number of nitrogens with zero attached hydrogens (tertiary/aromatic N) is 2. The molecule has 0 spiro atoms. The van der Waals surface area contributed by atoms with E-state index in [0.717, 1.165) is 17.5 Å². The summed E-state index contributed by atoms with van der Waals surface area (Å²) >= 11 is 0. The fourth-order valence-corrected chi connectivity index (χ4v) is 2.83. The number of carbonyl (C=O) groups excluding carboxylic acids is 1. The van der Waals surface area contributed by atoms with Crippen molar-refractivity contribution in [1.82, 2.24) is 15.4 Å². The number of benzene rings is 2. The minimum absolute atomic E-state index is 0.0187. The van der Waals surface area contributed by atoms with Crippen LogP contribution in [0.25, 0.3) is 11.0 Å². The molecule has 1 amide bonds.